The highest BCUT2D eigenvalue weighted by molar-refractivity contribution is 7.48. The Balaban J connectivity index is 1.30. The summed E-state index contributed by atoms with van der Waals surface area (Å²) in [6, 6.07) is 8.80. The zero-order chi connectivity index (χ0) is 29.4. The van der Waals surface area contributed by atoms with Gasteiger partial charge in [0.25, 0.3) is 0 Å². The molecule has 8 nitrogen and oxygen atoms in total. The molecule has 2 heterocycles. The molecule has 0 saturated carbocycles. The SMILES string of the molecule is CCCCCCCCCCCCCCCCOCC(COP1(=O)OC2CC[N+](C)(C)C2O1)OC(=O)c1ccccc1. The molecule has 0 bridgehead atoms. The lowest BCUT2D eigenvalue weighted by atomic mass is 10.0. The van der Waals surface area contributed by atoms with Crippen molar-refractivity contribution in [1.82, 2.24) is 0 Å². The molecule has 0 radical (unpaired) electrons. The van der Waals surface area contributed by atoms with Crippen LogP contribution in [0, 0.1) is 0 Å². The Morgan fingerprint density at radius 3 is 2.05 bits per heavy atom. The summed E-state index contributed by atoms with van der Waals surface area (Å²) in [7, 11) is 0.319. The van der Waals surface area contributed by atoms with Gasteiger partial charge in [-0.15, -0.1) is 0 Å². The van der Waals surface area contributed by atoms with E-state index in [1.165, 1.54) is 77.0 Å². The number of carbonyl (C=O) groups is 1. The Morgan fingerprint density at radius 2 is 1.46 bits per heavy atom. The first kappa shape index (κ1) is 34.2. The number of fused-ring (bicyclic) bond motifs is 1. The van der Waals surface area contributed by atoms with Crippen molar-refractivity contribution in [3.8, 4) is 0 Å². The molecule has 1 aromatic carbocycles. The summed E-state index contributed by atoms with van der Waals surface area (Å²) in [5, 5.41) is 0. The molecule has 2 fully saturated rings. The number of ether oxygens (including phenoxy) is 2. The predicted molar refractivity (Wildman–Crippen MR) is 162 cm³/mol. The van der Waals surface area contributed by atoms with E-state index in [2.05, 4.69) is 6.92 Å². The summed E-state index contributed by atoms with van der Waals surface area (Å²) >= 11 is 0. The van der Waals surface area contributed by atoms with Crippen molar-refractivity contribution >= 4 is 13.8 Å². The van der Waals surface area contributed by atoms with Gasteiger partial charge in [-0.3, -0.25) is 9.05 Å². The van der Waals surface area contributed by atoms with Gasteiger partial charge in [-0.1, -0.05) is 109 Å². The lowest BCUT2D eigenvalue weighted by Gasteiger charge is -2.28. The minimum absolute atomic E-state index is 0.124. The maximum atomic E-state index is 13.1. The molecule has 4 unspecified atom stereocenters. The third-order valence-electron chi connectivity index (χ3n) is 8.15. The monoisotopic (exact) mass is 596 g/mol. The van der Waals surface area contributed by atoms with E-state index in [1.807, 2.05) is 20.2 Å². The van der Waals surface area contributed by atoms with Gasteiger partial charge in [0.2, 0.25) is 6.23 Å². The third-order valence-corrected chi connectivity index (χ3v) is 9.61. The van der Waals surface area contributed by atoms with Crippen molar-refractivity contribution in [3.63, 3.8) is 0 Å². The van der Waals surface area contributed by atoms with Gasteiger partial charge >= 0.3 is 13.8 Å². The first-order chi connectivity index (χ1) is 19.8. The summed E-state index contributed by atoms with van der Waals surface area (Å²) < 4.78 is 42.4. The predicted octanol–water partition coefficient (Wildman–Crippen LogP) is 8.06. The number of carbonyl (C=O) groups excluding carboxylic acids is 1. The average molecular weight is 597 g/mol. The first-order valence-electron chi connectivity index (χ1n) is 16.1. The second kappa shape index (κ2) is 18.4. The normalized spacial score (nSPS) is 23.9. The van der Waals surface area contributed by atoms with Crippen LogP contribution in [0.5, 0.6) is 0 Å². The van der Waals surface area contributed by atoms with Gasteiger partial charge < -0.3 is 14.0 Å². The molecular formula is C32H55NO7P+. The van der Waals surface area contributed by atoms with E-state index in [4.69, 9.17) is 23.0 Å². The van der Waals surface area contributed by atoms with Gasteiger partial charge in [0.1, 0.15) is 6.10 Å². The van der Waals surface area contributed by atoms with Gasteiger partial charge in [-0.2, -0.15) is 0 Å². The van der Waals surface area contributed by atoms with E-state index in [0.29, 0.717) is 16.7 Å². The molecule has 0 amide bonds. The maximum absolute atomic E-state index is 13.1. The largest absolute Gasteiger partial charge is 0.480 e. The summed E-state index contributed by atoms with van der Waals surface area (Å²) in [5.74, 6) is -0.472. The fourth-order valence-corrected chi connectivity index (χ4v) is 7.28. The van der Waals surface area contributed by atoms with Crippen LogP contribution in [-0.4, -0.2) is 69.3 Å². The van der Waals surface area contributed by atoms with E-state index in [9.17, 15) is 9.36 Å². The minimum atomic E-state index is -3.74. The van der Waals surface area contributed by atoms with Crippen LogP contribution in [0.1, 0.15) is 114 Å². The second-order valence-electron chi connectivity index (χ2n) is 12.2. The number of rotatable bonds is 22. The van der Waals surface area contributed by atoms with Crippen molar-refractivity contribution in [2.75, 3.05) is 40.5 Å². The number of likely N-dealkylation sites (N-methyl/N-ethyl adjacent to an activating group) is 1. The number of esters is 1. The van der Waals surface area contributed by atoms with Crippen LogP contribution >= 0.6 is 7.82 Å². The van der Waals surface area contributed by atoms with Gasteiger partial charge in [-0.25, -0.2) is 13.9 Å². The Hall–Kier alpha value is -1.28. The van der Waals surface area contributed by atoms with Crippen molar-refractivity contribution in [1.29, 1.82) is 0 Å². The molecule has 2 aliphatic rings. The molecule has 3 rings (SSSR count). The molecule has 0 N–H and O–H groups in total. The fraction of sp³-hybridized carbons (Fsp3) is 0.781. The zero-order valence-electron chi connectivity index (χ0n) is 25.8. The topological polar surface area (TPSA) is 80.3 Å². The highest BCUT2D eigenvalue weighted by Crippen LogP contribution is 2.60. The van der Waals surface area contributed by atoms with Crippen LogP contribution < -0.4 is 0 Å². The number of likely N-dealkylation sites (tertiary alicyclic amines) is 1. The number of hydrogen-bond acceptors (Lipinski definition) is 7. The van der Waals surface area contributed by atoms with Crippen LogP contribution in [0.2, 0.25) is 0 Å². The van der Waals surface area contributed by atoms with Gasteiger partial charge in [-0.05, 0) is 18.6 Å². The lowest BCUT2D eigenvalue weighted by Crippen LogP contribution is -2.46. The molecule has 0 aromatic heterocycles. The number of phosphoric acid groups is 1. The molecule has 2 aliphatic heterocycles. The summed E-state index contributed by atoms with van der Waals surface area (Å²) in [6.07, 6.45) is 17.7. The summed E-state index contributed by atoms with van der Waals surface area (Å²) in [5.41, 5.74) is 0.443. The van der Waals surface area contributed by atoms with Crippen LogP contribution in [0.4, 0.5) is 0 Å². The Kier molecular flexibility index (Phi) is 15.4. The van der Waals surface area contributed by atoms with Crippen molar-refractivity contribution < 1.29 is 36.9 Å². The molecule has 41 heavy (non-hydrogen) atoms. The Bertz CT molecular complexity index is 913. The molecule has 0 spiro atoms. The van der Waals surface area contributed by atoms with Crippen LogP contribution in [0.25, 0.3) is 0 Å². The highest BCUT2D eigenvalue weighted by atomic mass is 31.2. The summed E-state index contributed by atoms with van der Waals surface area (Å²) in [4.78, 5) is 12.7. The maximum Gasteiger partial charge on any atom is 0.480 e. The number of quaternary nitrogens is 1. The molecule has 0 aliphatic carbocycles. The highest BCUT2D eigenvalue weighted by Gasteiger charge is 2.57. The summed E-state index contributed by atoms with van der Waals surface area (Å²) in [6.45, 7) is 3.77. The Labute approximate surface area is 248 Å². The number of benzene rings is 1. The number of nitrogens with zero attached hydrogens (tertiary/aromatic N) is 1. The zero-order valence-corrected chi connectivity index (χ0v) is 26.7. The molecule has 2 saturated heterocycles. The van der Waals surface area contributed by atoms with Crippen LogP contribution in [-0.2, 0) is 27.6 Å². The van der Waals surface area contributed by atoms with Gasteiger partial charge in [0.15, 0.2) is 6.10 Å². The second-order valence-corrected chi connectivity index (χ2v) is 13.8. The molecular weight excluding hydrogens is 541 g/mol. The van der Waals surface area contributed by atoms with E-state index >= 15 is 0 Å². The number of unbranched alkanes of at least 4 members (excludes halogenated alkanes) is 13. The van der Waals surface area contributed by atoms with Crippen molar-refractivity contribution in [3.05, 3.63) is 35.9 Å². The lowest BCUT2D eigenvalue weighted by molar-refractivity contribution is -0.920. The fourth-order valence-electron chi connectivity index (χ4n) is 5.56. The Morgan fingerprint density at radius 1 is 0.878 bits per heavy atom. The quantitative estimate of drug-likeness (QED) is 0.0580. The van der Waals surface area contributed by atoms with E-state index in [0.717, 1.165) is 25.8 Å². The van der Waals surface area contributed by atoms with Crippen molar-refractivity contribution in [2.24, 2.45) is 0 Å². The van der Waals surface area contributed by atoms with Gasteiger partial charge in [0, 0.05) is 13.0 Å². The number of hydrogen-bond donors (Lipinski definition) is 0. The standard InChI is InChI=1S/C32H55NO7P/c1-4-5-6-7-8-9-10-11-12-13-14-15-16-20-25-36-26-29(38-32(34)28-21-18-17-19-22-28)27-37-41(35)39-30-23-24-33(2,3)31(30)40-41/h17-19,21-22,29-31H,4-16,20,23-27H2,1-3H3/q+1. The van der Waals surface area contributed by atoms with Crippen LogP contribution in [0.15, 0.2) is 30.3 Å². The van der Waals surface area contributed by atoms with Crippen LogP contribution in [0.3, 0.4) is 0 Å². The minimum Gasteiger partial charge on any atom is -0.454 e. The average Bonchev–Trinajstić information content (AvgIpc) is 3.45. The smallest absolute Gasteiger partial charge is 0.454 e. The third kappa shape index (κ3) is 12.5. The molecule has 4 atom stereocenters. The van der Waals surface area contributed by atoms with E-state index in [1.54, 1.807) is 24.3 Å². The number of phosphoric ester groups is 1. The first-order valence-corrected chi connectivity index (χ1v) is 17.6. The van der Waals surface area contributed by atoms with Crippen molar-refractivity contribution in [2.45, 2.75) is 122 Å². The molecule has 1 aromatic rings. The van der Waals surface area contributed by atoms with Gasteiger partial charge in [0.05, 0.1) is 39.4 Å². The van der Waals surface area contributed by atoms with E-state index < -0.39 is 19.9 Å². The molecule has 9 heteroatoms. The van der Waals surface area contributed by atoms with E-state index in [-0.39, 0.29) is 25.5 Å². The molecule has 234 valence electrons.